The third-order valence-corrected chi connectivity index (χ3v) is 3.12. The van der Waals surface area contributed by atoms with Gasteiger partial charge >= 0.3 is 0 Å². The van der Waals surface area contributed by atoms with Gasteiger partial charge < -0.3 is 10.5 Å². The highest BCUT2D eigenvalue weighted by Crippen LogP contribution is 2.23. The number of aromatic nitrogens is 1. The predicted molar refractivity (Wildman–Crippen MR) is 55.0 cm³/mol. The zero-order valence-corrected chi connectivity index (χ0v) is 9.10. The van der Waals surface area contributed by atoms with Gasteiger partial charge in [0.1, 0.15) is 11.1 Å². The van der Waals surface area contributed by atoms with Crippen molar-refractivity contribution in [3.63, 3.8) is 0 Å². The number of ether oxygens (including phenoxy) is 1. The SMILES string of the molecule is COC(C)c1nc(C(C)CN)cs1. The average molecular weight is 200 g/mol. The van der Waals surface area contributed by atoms with Gasteiger partial charge in [-0.2, -0.15) is 0 Å². The third-order valence-electron chi connectivity index (χ3n) is 2.10. The van der Waals surface area contributed by atoms with Gasteiger partial charge in [0, 0.05) is 25.0 Å². The van der Waals surface area contributed by atoms with E-state index in [1.807, 2.05) is 6.92 Å². The lowest BCUT2D eigenvalue weighted by molar-refractivity contribution is 0.119. The molecule has 0 saturated carbocycles. The van der Waals surface area contributed by atoms with E-state index in [-0.39, 0.29) is 6.10 Å². The summed E-state index contributed by atoms with van der Waals surface area (Å²) in [6.07, 6.45) is 0.0868. The van der Waals surface area contributed by atoms with Crippen LogP contribution in [0.15, 0.2) is 5.38 Å². The van der Waals surface area contributed by atoms with Crippen LogP contribution >= 0.6 is 11.3 Å². The Bertz CT molecular complexity index is 237. The van der Waals surface area contributed by atoms with E-state index in [9.17, 15) is 0 Å². The van der Waals surface area contributed by atoms with Crippen molar-refractivity contribution in [2.75, 3.05) is 13.7 Å². The van der Waals surface area contributed by atoms with Crippen molar-refractivity contribution < 1.29 is 4.74 Å². The summed E-state index contributed by atoms with van der Waals surface area (Å²) in [6.45, 7) is 4.72. The van der Waals surface area contributed by atoms with Crippen LogP contribution in [0, 0.1) is 0 Å². The Morgan fingerprint density at radius 2 is 2.31 bits per heavy atom. The molecule has 1 aromatic heterocycles. The van der Waals surface area contributed by atoms with Crippen molar-refractivity contribution in [2.24, 2.45) is 5.73 Å². The van der Waals surface area contributed by atoms with Crippen LogP contribution < -0.4 is 5.73 Å². The van der Waals surface area contributed by atoms with Crippen molar-refractivity contribution in [2.45, 2.75) is 25.9 Å². The number of hydrogen-bond acceptors (Lipinski definition) is 4. The molecule has 0 bridgehead atoms. The zero-order valence-electron chi connectivity index (χ0n) is 8.28. The predicted octanol–water partition coefficient (Wildman–Crippen LogP) is 1.91. The maximum atomic E-state index is 5.56. The molecule has 74 valence electrons. The highest BCUT2D eigenvalue weighted by Gasteiger charge is 2.12. The molecule has 2 atom stereocenters. The second-order valence-corrected chi connectivity index (χ2v) is 4.01. The minimum atomic E-state index is 0.0868. The summed E-state index contributed by atoms with van der Waals surface area (Å²) in [6, 6.07) is 0. The molecular weight excluding hydrogens is 184 g/mol. The Balaban J connectivity index is 2.74. The molecule has 0 fully saturated rings. The molecule has 0 aliphatic heterocycles. The van der Waals surface area contributed by atoms with Crippen molar-refractivity contribution in [1.29, 1.82) is 0 Å². The van der Waals surface area contributed by atoms with Crippen LogP contribution in [0.1, 0.15) is 36.6 Å². The van der Waals surface area contributed by atoms with Crippen LogP contribution in [0.3, 0.4) is 0 Å². The fourth-order valence-electron chi connectivity index (χ4n) is 0.935. The van der Waals surface area contributed by atoms with E-state index < -0.39 is 0 Å². The van der Waals surface area contributed by atoms with Gasteiger partial charge in [0.25, 0.3) is 0 Å². The average Bonchev–Trinajstić information content (AvgIpc) is 2.64. The van der Waals surface area contributed by atoms with Crippen molar-refractivity contribution >= 4 is 11.3 Å². The summed E-state index contributed by atoms with van der Waals surface area (Å²) in [5.41, 5.74) is 6.63. The van der Waals surface area contributed by atoms with E-state index in [1.165, 1.54) is 0 Å². The summed E-state index contributed by atoms with van der Waals surface area (Å²) in [5, 5.41) is 3.08. The number of methoxy groups -OCH3 is 1. The van der Waals surface area contributed by atoms with Crippen LogP contribution in [0.25, 0.3) is 0 Å². The molecule has 1 heterocycles. The molecule has 4 heteroatoms. The lowest BCUT2D eigenvalue weighted by Gasteiger charge is -2.05. The fraction of sp³-hybridized carbons (Fsp3) is 0.667. The van der Waals surface area contributed by atoms with Gasteiger partial charge in [-0.1, -0.05) is 6.92 Å². The molecule has 0 saturated heterocycles. The summed E-state index contributed by atoms with van der Waals surface area (Å²) in [5.74, 6) is 0.342. The minimum absolute atomic E-state index is 0.0868. The fourth-order valence-corrected chi connectivity index (χ4v) is 1.91. The van der Waals surface area contributed by atoms with E-state index in [0.29, 0.717) is 12.5 Å². The molecule has 0 spiro atoms. The van der Waals surface area contributed by atoms with Gasteiger partial charge in [-0.15, -0.1) is 11.3 Å². The van der Waals surface area contributed by atoms with E-state index in [0.717, 1.165) is 10.7 Å². The van der Waals surface area contributed by atoms with Gasteiger partial charge in [-0.25, -0.2) is 4.98 Å². The van der Waals surface area contributed by atoms with Crippen LogP contribution in [0.5, 0.6) is 0 Å². The smallest absolute Gasteiger partial charge is 0.121 e. The van der Waals surface area contributed by atoms with Crippen molar-refractivity contribution in [3.8, 4) is 0 Å². The first-order valence-corrected chi connectivity index (χ1v) is 5.25. The molecule has 3 nitrogen and oxygen atoms in total. The van der Waals surface area contributed by atoms with Crippen LogP contribution in [0.2, 0.25) is 0 Å². The molecule has 0 aliphatic carbocycles. The largest absolute Gasteiger partial charge is 0.375 e. The highest BCUT2D eigenvalue weighted by molar-refractivity contribution is 7.09. The number of nitrogens with two attached hydrogens (primary N) is 1. The molecule has 1 aromatic rings. The highest BCUT2D eigenvalue weighted by atomic mass is 32.1. The Kier molecular flexibility index (Phi) is 3.84. The summed E-state index contributed by atoms with van der Waals surface area (Å²) >= 11 is 1.63. The van der Waals surface area contributed by atoms with Gasteiger partial charge in [0.15, 0.2) is 0 Å². The topological polar surface area (TPSA) is 48.1 Å². The molecule has 0 aromatic carbocycles. The normalized spacial score (nSPS) is 15.7. The summed E-state index contributed by atoms with van der Waals surface area (Å²) in [4.78, 5) is 4.47. The first-order valence-electron chi connectivity index (χ1n) is 4.37. The Morgan fingerprint density at radius 1 is 1.62 bits per heavy atom. The van der Waals surface area contributed by atoms with Crippen LogP contribution in [-0.2, 0) is 4.74 Å². The lowest BCUT2D eigenvalue weighted by atomic mass is 10.1. The second-order valence-electron chi connectivity index (χ2n) is 3.13. The van der Waals surface area contributed by atoms with E-state index >= 15 is 0 Å². The zero-order chi connectivity index (χ0) is 9.84. The number of nitrogens with zero attached hydrogens (tertiary/aromatic N) is 1. The van der Waals surface area contributed by atoms with Crippen molar-refractivity contribution in [1.82, 2.24) is 4.98 Å². The van der Waals surface area contributed by atoms with Gasteiger partial charge in [0.2, 0.25) is 0 Å². The van der Waals surface area contributed by atoms with Gasteiger partial charge in [0.05, 0.1) is 5.69 Å². The third kappa shape index (κ3) is 2.49. The molecule has 2 unspecified atom stereocenters. The van der Waals surface area contributed by atoms with Gasteiger partial charge in [-0.05, 0) is 6.92 Å². The van der Waals surface area contributed by atoms with Crippen LogP contribution in [-0.4, -0.2) is 18.6 Å². The molecule has 1 rings (SSSR count). The number of rotatable bonds is 4. The Morgan fingerprint density at radius 3 is 2.85 bits per heavy atom. The molecular formula is C9H16N2OS. The quantitative estimate of drug-likeness (QED) is 0.807. The maximum Gasteiger partial charge on any atom is 0.121 e. The monoisotopic (exact) mass is 200 g/mol. The molecule has 0 aliphatic rings. The van der Waals surface area contributed by atoms with Crippen LogP contribution in [0.4, 0.5) is 0 Å². The minimum Gasteiger partial charge on any atom is -0.375 e. The summed E-state index contributed by atoms with van der Waals surface area (Å²) in [7, 11) is 1.69. The van der Waals surface area contributed by atoms with E-state index in [4.69, 9.17) is 10.5 Å². The second kappa shape index (κ2) is 4.69. The molecule has 13 heavy (non-hydrogen) atoms. The van der Waals surface area contributed by atoms with E-state index in [1.54, 1.807) is 18.4 Å². The molecule has 0 amide bonds. The standard InChI is InChI=1S/C9H16N2OS/c1-6(4-10)8-5-13-9(11-8)7(2)12-3/h5-7H,4,10H2,1-3H3. The number of thiazole rings is 1. The van der Waals surface area contributed by atoms with E-state index in [2.05, 4.69) is 17.3 Å². The number of hydrogen-bond donors (Lipinski definition) is 1. The van der Waals surface area contributed by atoms with Gasteiger partial charge in [-0.3, -0.25) is 0 Å². The molecule has 0 radical (unpaired) electrons. The summed E-state index contributed by atoms with van der Waals surface area (Å²) < 4.78 is 5.18. The lowest BCUT2D eigenvalue weighted by Crippen LogP contribution is -2.09. The first kappa shape index (κ1) is 10.6. The maximum absolute atomic E-state index is 5.56. The molecule has 2 N–H and O–H groups in total. The Labute approximate surface area is 82.9 Å². The first-order chi connectivity index (χ1) is 6.19. The Hall–Kier alpha value is -0.450. The van der Waals surface area contributed by atoms with Crippen molar-refractivity contribution in [3.05, 3.63) is 16.1 Å².